The van der Waals surface area contributed by atoms with E-state index in [9.17, 15) is 20.2 Å². The van der Waals surface area contributed by atoms with Crippen LogP contribution >= 0.6 is 11.3 Å². The normalized spacial score (nSPS) is 12.1. The molecule has 1 heterocycles. The summed E-state index contributed by atoms with van der Waals surface area (Å²) >= 11 is 1.09. The molecule has 0 spiro atoms. The molecule has 3 rings (SSSR count). The van der Waals surface area contributed by atoms with Crippen molar-refractivity contribution >= 4 is 22.7 Å². The number of nitro groups is 2. The fourth-order valence-electron chi connectivity index (χ4n) is 3.39. The van der Waals surface area contributed by atoms with Gasteiger partial charge in [0.15, 0.2) is 0 Å². The third-order valence-corrected chi connectivity index (χ3v) is 6.52. The van der Waals surface area contributed by atoms with Crippen molar-refractivity contribution in [1.82, 2.24) is 0 Å². The zero-order valence-electron chi connectivity index (χ0n) is 18.6. The fourth-order valence-corrected chi connectivity index (χ4v) is 4.63. The molecule has 0 N–H and O–H groups in total. The summed E-state index contributed by atoms with van der Waals surface area (Å²) in [7, 11) is 0. The van der Waals surface area contributed by atoms with Gasteiger partial charge in [-0.05, 0) is 33.1 Å². The first-order valence-corrected chi connectivity index (χ1v) is 10.8. The minimum atomic E-state index is -0.644. The summed E-state index contributed by atoms with van der Waals surface area (Å²) in [5, 5.41) is 23.8. The van der Waals surface area contributed by atoms with Crippen molar-refractivity contribution in [3.05, 3.63) is 79.9 Å². The fraction of sp³-hybridized carbons (Fsp3) is 0.333. The van der Waals surface area contributed by atoms with Crippen LogP contribution in [0.2, 0.25) is 0 Å². The average molecular weight is 439 g/mol. The number of benzene rings is 2. The Morgan fingerprint density at radius 2 is 0.903 bits per heavy atom. The molecule has 0 amide bonds. The van der Waals surface area contributed by atoms with Gasteiger partial charge in [-0.3, -0.25) is 20.2 Å². The first-order chi connectivity index (χ1) is 14.3. The van der Waals surface area contributed by atoms with Gasteiger partial charge in [-0.1, -0.05) is 90.1 Å². The van der Waals surface area contributed by atoms with Crippen LogP contribution in [0.15, 0.2) is 48.5 Å². The van der Waals surface area contributed by atoms with E-state index >= 15 is 0 Å². The predicted molar refractivity (Wildman–Crippen MR) is 126 cm³/mol. The van der Waals surface area contributed by atoms with E-state index in [1.165, 1.54) is 0 Å². The molecule has 162 valence electrons. The Morgan fingerprint density at radius 3 is 1.13 bits per heavy atom. The van der Waals surface area contributed by atoms with Gasteiger partial charge in [-0.2, -0.15) is 0 Å². The molecule has 6 nitrogen and oxygen atoms in total. The van der Waals surface area contributed by atoms with E-state index in [0.29, 0.717) is 20.9 Å². The standard InChI is InChI=1S/C24H26N2O4S/c1-23(2,3)17-11-7-15(8-12-17)21-19(25(27)28)20(26(29)30)22(31-21)16-9-13-18(14-10-16)24(4,5)6/h7-14H,1-6H3. The van der Waals surface area contributed by atoms with E-state index in [2.05, 4.69) is 41.5 Å². The van der Waals surface area contributed by atoms with Crippen molar-refractivity contribution in [2.24, 2.45) is 0 Å². The highest BCUT2D eigenvalue weighted by Gasteiger charge is 2.37. The Morgan fingerprint density at radius 1 is 0.613 bits per heavy atom. The number of hydrogen-bond acceptors (Lipinski definition) is 5. The lowest BCUT2D eigenvalue weighted by Crippen LogP contribution is -2.10. The highest BCUT2D eigenvalue weighted by atomic mass is 32.1. The van der Waals surface area contributed by atoms with E-state index in [0.717, 1.165) is 22.5 Å². The molecule has 7 heteroatoms. The van der Waals surface area contributed by atoms with Crippen LogP contribution in [0.25, 0.3) is 20.9 Å². The maximum atomic E-state index is 11.9. The molecule has 0 atom stereocenters. The minimum Gasteiger partial charge on any atom is -0.258 e. The Hall–Kier alpha value is -3.06. The van der Waals surface area contributed by atoms with Gasteiger partial charge in [0, 0.05) is 0 Å². The van der Waals surface area contributed by atoms with Crippen molar-refractivity contribution in [2.45, 2.75) is 52.4 Å². The van der Waals surface area contributed by atoms with Gasteiger partial charge in [-0.15, -0.1) is 11.3 Å². The van der Waals surface area contributed by atoms with Crippen molar-refractivity contribution in [3.63, 3.8) is 0 Å². The molecule has 0 fully saturated rings. The number of nitrogens with zero attached hydrogens (tertiary/aromatic N) is 2. The summed E-state index contributed by atoms with van der Waals surface area (Å²) in [6.45, 7) is 12.5. The van der Waals surface area contributed by atoms with E-state index in [4.69, 9.17) is 0 Å². The molecule has 0 saturated carbocycles. The molecule has 0 aliphatic heterocycles. The molecule has 31 heavy (non-hydrogen) atoms. The smallest absolute Gasteiger partial charge is 0.258 e. The van der Waals surface area contributed by atoms with Crippen LogP contribution in [0, 0.1) is 20.2 Å². The van der Waals surface area contributed by atoms with Crippen LogP contribution < -0.4 is 0 Å². The zero-order chi connectivity index (χ0) is 23.1. The van der Waals surface area contributed by atoms with E-state index in [-0.39, 0.29) is 10.8 Å². The van der Waals surface area contributed by atoms with E-state index in [1.54, 1.807) is 24.3 Å². The van der Waals surface area contributed by atoms with Gasteiger partial charge in [-0.25, -0.2) is 0 Å². The minimum absolute atomic E-state index is 0.0636. The van der Waals surface area contributed by atoms with Crippen molar-refractivity contribution in [2.75, 3.05) is 0 Å². The second-order valence-electron chi connectivity index (χ2n) is 9.63. The van der Waals surface area contributed by atoms with E-state index in [1.807, 2.05) is 24.3 Å². The molecule has 0 saturated heterocycles. The summed E-state index contributed by atoms with van der Waals surface area (Å²) in [4.78, 5) is 23.1. The summed E-state index contributed by atoms with van der Waals surface area (Å²) in [5.74, 6) is 0. The molecule has 0 bridgehead atoms. The van der Waals surface area contributed by atoms with E-state index < -0.39 is 21.2 Å². The molecule has 0 radical (unpaired) electrons. The molecule has 3 aromatic rings. The van der Waals surface area contributed by atoms with Crippen LogP contribution in [-0.2, 0) is 10.8 Å². The molecule has 1 aromatic heterocycles. The summed E-state index contributed by atoms with van der Waals surface area (Å²) < 4.78 is 0. The molecule has 0 unspecified atom stereocenters. The largest absolute Gasteiger partial charge is 0.365 e. The Labute approximate surface area is 185 Å². The molecular formula is C24H26N2O4S. The Kier molecular flexibility index (Phi) is 5.76. The Bertz CT molecular complexity index is 1040. The molecule has 0 aliphatic rings. The second kappa shape index (κ2) is 7.89. The number of hydrogen-bond donors (Lipinski definition) is 0. The number of thiophene rings is 1. The second-order valence-corrected chi connectivity index (χ2v) is 10.6. The lowest BCUT2D eigenvalue weighted by molar-refractivity contribution is -0.420. The van der Waals surface area contributed by atoms with Crippen molar-refractivity contribution in [1.29, 1.82) is 0 Å². The quantitative estimate of drug-likeness (QED) is 0.312. The van der Waals surface area contributed by atoms with Gasteiger partial charge in [0.25, 0.3) is 0 Å². The molecule has 0 aliphatic carbocycles. The van der Waals surface area contributed by atoms with Crippen LogP contribution in [-0.4, -0.2) is 9.85 Å². The summed E-state index contributed by atoms with van der Waals surface area (Å²) in [6.07, 6.45) is 0. The summed E-state index contributed by atoms with van der Waals surface area (Å²) in [6, 6.07) is 14.9. The SMILES string of the molecule is CC(C)(C)c1ccc(-c2sc(-c3ccc(C(C)(C)C)cc3)c([N+](=O)[O-])c2[N+](=O)[O-])cc1. The van der Waals surface area contributed by atoms with Gasteiger partial charge in [0.1, 0.15) is 9.75 Å². The average Bonchev–Trinajstić information content (AvgIpc) is 3.08. The van der Waals surface area contributed by atoms with Crippen molar-refractivity contribution in [3.8, 4) is 20.9 Å². The highest BCUT2D eigenvalue weighted by Crippen LogP contribution is 2.51. The maximum Gasteiger partial charge on any atom is 0.365 e. The lowest BCUT2D eigenvalue weighted by Gasteiger charge is -2.19. The van der Waals surface area contributed by atoms with Crippen LogP contribution in [0.5, 0.6) is 0 Å². The third kappa shape index (κ3) is 4.51. The van der Waals surface area contributed by atoms with Crippen molar-refractivity contribution < 1.29 is 9.85 Å². The van der Waals surface area contributed by atoms with Crippen LogP contribution in [0.4, 0.5) is 11.4 Å². The first kappa shape index (κ1) is 22.6. The van der Waals surface area contributed by atoms with Crippen LogP contribution in [0.1, 0.15) is 52.7 Å². The summed E-state index contributed by atoms with van der Waals surface area (Å²) in [5.41, 5.74) is 2.35. The van der Waals surface area contributed by atoms with Gasteiger partial charge < -0.3 is 0 Å². The zero-order valence-corrected chi connectivity index (χ0v) is 19.4. The monoisotopic (exact) mass is 438 g/mol. The predicted octanol–water partition coefficient (Wildman–Crippen LogP) is 7.49. The molecular weight excluding hydrogens is 412 g/mol. The molecule has 2 aromatic carbocycles. The maximum absolute atomic E-state index is 11.9. The van der Waals surface area contributed by atoms with Gasteiger partial charge in [0.2, 0.25) is 0 Å². The van der Waals surface area contributed by atoms with Gasteiger partial charge >= 0.3 is 11.4 Å². The number of rotatable bonds is 4. The third-order valence-electron chi connectivity index (χ3n) is 5.25. The van der Waals surface area contributed by atoms with Crippen LogP contribution in [0.3, 0.4) is 0 Å². The first-order valence-electron chi connectivity index (χ1n) is 9.98. The topological polar surface area (TPSA) is 86.3 Å². The van der Waals surface area contributed by atoms with Gasteiger partial charge in [0.05, 0.1) is 9.85 Å². The highest BCUT2D eigenvalue weighted by molar-refractivity contribution is 7.20. The Balaban J connectivity index is 2.20. The lowest BCUT2D eigenvalue weighted by atomic mass is 9.86.